The van der Waals surface area contributed by atoms with Gasteiger partial charge in [-0.15, -0.1) is 0 Å². The standard InChI is InChI=1S/C25H26N4O2/c26-24-27-25(20-9-3-1-4-10-20,21-11-5-2-6-12-21)23(31)29(24)17-18-8-7-15-28(16-18)22(30)19-13-14-19/h1-6,9-12,17,19H,7-8,13-16H2,(H2,26,27)/b18-17-. The van der Waals surface area contributed by atoms with Gasteiger partial charge in [0.05, 0.1) is 0 Å². The Morgan fingerprint density at radius 1 is 1.03 bits per heavy atom. The molecule has 0 atom stereocenters. The van der Waals surface area contributed by atoms with E-state index >= 15 is 0 Å². The second-order valence-corrected chi connectivity index (χ2v) is 8.51. The summed E-state index contributed by atoms with van der Waals surface area (Å²) in [4.78, 5) is 34.5. The number of carbonyl (C=O) groups is 2. The zero-order valence-corrected chi connectivity index (χ0v) is 17.4. The van der Waals surface area contributed by atoms with Crippen molar-refractivity contribution in [1.82, 2.24) is 9.80 Å². The maximum atomic E-state index is 13.9. The summed E-state index contributed by atoms with van der Waals surface area (Å²) in [7, 11) is 0. The monoisotopic (exact) mass is 414 g/mol. The molecule has 0 radical (unpaired) electrons. The number of hydrogen-bond donors (Lipinski definition) is 1. The second kappa shape index (κ2) is 7.69. The van der Waals surface area contributed by atoms with Crippen molar-refractivity contribution in [2.75, 3.05) is 13.1 Å². The van der Waals surface area contributed by atoms with Gasteiger partial charge in [-0.2, -0.15) is 0 Å². The van der Waals surface area contributed by atoms with E-state index < -0.39 is 5.54 Å². The molecule has 2 amide bonds. The van der Waals surface area contributed by atoms with Crippen LogP contribution in [0.2, 0.25) is 0 Å². The van der Waals surface area contributed by atoms with Gasteiger partial charge in [0.15, 0.2) is 5.54 Å². The van der Waals surface area contributed by atoms with Gasteiger partial charge >= 0.3 is 0 Å². The van der Waals surface area contributed by atoms with Gasteiger partial charge < -0.3 is 10.6 Å². The first kappa shape index (κ1) is 19.5. The van der Waals surface area contributed by atoms with Crippen LogP contribution in [-0.4, -0.2) is 40.7 Å². The summed E-state index contributed by atoms with van der Waals surface area (Å²) in [6.45, 7) is 1.33. The number of likely N-dealkylation sites (tertiary alicyclic amines) is 1. The predicted molar refractivity (Wildman–Crippen MR) is 119 cm³/mol. The van der Waals surface area contributed by atoms with Gasteiger partial charge in [-0.25, -0.2) is 4.99 Å². The molecule has 1 aliphatic carbocycles. The molecule has 2 aromatic rings. The maximum absolute atomic E-state index is 13.9. The largest absolute Gasteiger partial charge is 0.369 e. The first-order chi connectivity index (χ1) is 15.1. The number of benzene rings is 2. The van der Waals surface area contributed by atoms with Crippen LogP contribution in [0, 0.1) is 5.92 Å². The fourth-order valence-electron chi connectivity index (χ4n) is 4.54. The molecule has 0 spiro atoms. The van der Waals surface area contributed by atoms with E-state index in [1.807, 2.05) is 65.6 Å². The van der Waals surface area contributed by atoms with Crippen LogP contribution in [0.25, 0.3) is 0 Å². The molecule has 1 saturated carbocycles. The van der Waals surface area contributed by atoms with Crippen LogP contribution in [0.15, 0.2) is 77.4 Å². The number of nitrogens with two attached hydrogens (primary N) is 1. The Morgan fingerprint density at radius 2 is 1.65 bits per heavy atom. The van der Waals surface area contributed by atoms with Crippen LogP contribution in [0.1, 0.15) is 36.8 Å². The van der Waals surface area contributed by atoms with Gasteiger partial charge in [0.2, 0.25) is 11.9 Å². The molecule has 2 aliphatic heterocycles. The van der Waals surface area contributed by atoms with E-state index in [0.29, 0.717) is 6.54 Å². The Balaban J connectivity index is 1.49. The van der Waals surface area contributed by atoms with Crippen LogP contribution in [-0.2, 0) is 15.1 Å². The van der Waals surface area contributed by atoms with Crippen LogP contribution >= 0.6 is 0 Å². The SMILES string of the molecule is NC1=NC(c2ccccc2)(c2ccccc2)C(=O)N1/C=C1/CCCN(C(=O)C2CC2)C1. The minimum atomic E-state index is -1.21. The first-order valence-electron chi connectivity index (χ1n) is 10.9. The van der Waals surface area contributed by atoms with E-state index in [1.54, 1.807) is 6.20 Å². The number of hydrogen-bond acceptors (Lipinski definition) is 4. The molecule has 2 N–H and O–H groups in total. The molecule has 2 heterocycles. The lowest BCUT2D eigenvalue weighted by atomic mass is 9.83. The number of guanidine groups is 1. The summed E-state index contributed by atoms with van der Waals surface area (Å²) in [5.41, 5.74) is 7.71. The summed E-state index contributed by atoms with van der Waals surface area (Å²) in [6.07, 6.45) is 5.53. The van der Waals surface area contributed by atoms with Crippen LogP contribution in [0.3, 0.4) is 0 Å². The Bertz CT molecular complexity index is 1020. The van der Waals surface area contributed by atoms with Crippen LogP contribution in [0.4, 0.5) is 0 Å². The molecule has 0 bridgehead atoms. The average molecular weight is 415 g/mol. The van der Waals surface area contributed by atoms with Gasteiger partial charge in [-0.05, 0) is 42.4 Å². The number of piperidine rings is 1. The molecular formula is C25H26N4O2. The predicted octanol–water partition coefficient (Wildman–Crippen LogP) is 3.00. The molecule has 6 nitrogen and oxygen atoms in total. The lowest BCUT2D eigenvalue weighted by Gasteiger charge is -2.30. The summed E-state index contributed by atoms with van der Waals surface area (Å²) in [5.74, 6) is 0.419. The van der Waals surface area contributed by atoms with Crippen molar-refractivity contribution in [1.29, 1.82) is 0 Å². The van der Waals surface area contributed by atoms with Gasteiger partial charge in [-0.1, -0.05) is 60.7 Å². The molecule has 0 aromatic heterocycles. The quantitative estimate of drug-likeness (QED) is 0.835. The number of amides is 2. The maximum Gasteiger partial charge on any atom is 0.270 e. The Kier molecular flexibility index (Phi) is 4.85. The van der Waals surface area contributed by atoms with Crippen molar-refractivity contribution in [2.45, 2.75) is 31.2 Å². The molecule has 2 aromatic carbocycles. The van der Waals surface area contributed by atoms with Crippen LogP contribution < -0.4 is 5.73 Å². The Morgan fingerprint density at radius 3 is 2.23 bits per heavy atom. The highest BCUT2D eigenvalue weighted by Gasteiger charge is 2.50. The Hall–Kier alpha value is -3.41. The molecule has 158 valence electrons. The van der Waals surface area contributed by atoms with Gasteiger partial charge in [-0.3, -0.25) is 14.5 Å². The zero-order valence-electron chi connectivity index (χ0n) is 17.4. The van der Waals surface area contributed by atoms with Crippen molar-refractivity contribution >= 4 is 17.8 Å². The highest BCUT2D eigenvalue weighted by molar-refractivity contribution is 6.10. The van der Waals surface area contributed by atoms with Crippen molar-refractivity contribution in [3.05, 3.63) is 83.6 Å². The number of aliphatic imine (C=N–C) groups is 1. The van der Waals surface area contributed by atoms with E-state index in [0.717, 1.165) is 48.9 Å². The lowest BCUT2D eigenvalue weighted by molar-refractivity contribution is -0.132. The van der Waals surface area contributed by atoms with E-state index in [1.165, 1.54) is 4.90 Å². The topological polar surface area (TPSA) is 79.0 Å². The van der Waals surface area contributed by atoms with Gasteiger partial charge in [0.25, 0.3) is 5.91 Å². The number of rotatable bonds is 4. The molecular weight excluding hydrogens is 388 g/mol. The third kappa shape index (κ3) is 3.42. The van der Waals surface area contributed by atoms with Crippen molar-refractivity contribution in [2.24, 2.45) is 16.6 Å². The van der Waals surface area contributed by atoms with E-state index in [9.17, 15) is 9.59 Å². The van der Waals surface area contributed by atoms with Crippen molar-refractivity contribution in [3.8, 4) is 0 Å². The zero-order chi connectivity index (χ0) is 21.4. The number of carbonyl (C=O) groups excluding carboxylic acids is 2. The summed E-state index contributed by atoms with van der Waals surface area (Å²) < 4.78 is 0. The van der Waals surface area contributed by atoms with Gasteiger partial charge in [0, 0.05) is 25.2 Å². The van der Waals surface area contributed by atoms with Crippen molar-refractivity contribution < 1.29 is 9.59 Å². The molecule has 2 fully saturated rings. The number of nitrogens with zero attached hydrogens (tertiary/aromatic N) is 3. The fraction of sp³-hybridized carbons (Fsp3) is 0.320. The minimum absolute atomic E-state index is 0.177. The normalized spacial score (nSPS) is 22.0. The van der Waals surface area contributed by atoms with E-state index in [4.69, 9.17) is 10.7 Å². The fourth-order valence-corrected chi connectivity index (χ4v) is 4.54. The average Bonchev–Trinajstić information content (AvgIpc) is 3.63. The molecule has 6 heteroatoms. The molecule has 5 rings (SSSR count). The van der Waals surface area contributed by atoms with Gasteiger partial charge in [0.1, 0.15) is 0 Å². The summed E-state index contributed by atoms with van der Waals surface area (Å²) in [5, 5.41) is 0. The summed E-state index contributed by atoms with van der Waals surface area (Å²) in [6, 6.07) is 19.1. The first-order valence-corrected chi connectivity index (χ1v) is 10.9. The second-order valence-electron chi connectivity index (χ2n) is 8.51. The third-order valence-corrected chi connectivity index (χ3v) is 6.31. The highest BCUT2D eigenvalue weighted by Crippen LogP contribution is 2.40. The van der Waals surface area contributed by atoms with Crippen molar-refractivity contribution in [3.63, 3.8) is 0 Å². The smallest absolute Gasteiger partial charge is 0.270 e. The molecule has 31 heavy (non-hydrogen) atoms. The third-order valence-electron chi connectivity index (χ3n) is 6.31. The highest BCUT2D eigenvalue weighted by atomic mass is 16.2. The van der Waals surface area contributed by atoms with E-state index in [2.05, 4.69) is 0 Å². The van der Waals surface area contributed by atoms with Crippen LogP contribution in [0.5, 0.6) is 0 Å². The summed E-state index contributed by atoms with van der Waals surface area (Å²) >= 11 is 0. The van der Waals surface area contributed by atoms with E-state index in [-0.39, 0.29) is 23.7 Å². The molecule has 3 aliphatic rings. The Labute approximate surface area is 182 Å². The lowest BCUT2D eigenvalue weighted by Crippen LogP contribution is -2.42. The molecule has 0 unspecified atom stereocenters. The minimum Gasteiger partial charge on any atom is -0.369 e. The molecule has 1 saturated heterocycles.